The lowest BCUT2D eigenvalue weighted by Gasteiger charge is -2.16. The Morgan fingerprint density at radius 2 is 1.91 bits per heavy atom. The van der Waals surface area contributed by atoms with Crippen LogP contribution in [0.4, 0.5) is 8.78 Å². The molecule has 0 atom stereocenters. The molecule has 4 nitrogen and oxygen atoms in total. The van der Waals surface area contributed by atoms with Gasteiger partial charge in [0.2, 0.25) is 0 Å². The third-order valence-corrected chi connectivity index (χ3v) is 3.89. The quantitative estimate of drug-likeness (QED) is 0.869. The summed E-state index contributed by atoms with van der Waals surface area (Å²) < 4.78 is 37.6. The van der Waals surface area contributed by atoms with Gasteiger partial charge in [0.1, 0.15) is 0 Å². The molecule has 3 rings (SSSR count). The smallest absolute Gasteiger partial charge is 0.258 e. The van der Waals surface area contributed by atoms with Crippen LogP contribution in [0, 0.1) is 11.6 Å². The highest BCUT2D eigenvalue weighted by atomic mass is 19.2. The van der Waals surface area contributed by atoms with Crippen LogP contribution in [-0.4, -0.2) is 25.0 Å². The van der Waals surface area contributed by atoms with Crippen molar-refractivity contribution in [3.63, 3.8) is 0 Å². The number of hydrogen-bond donors (Lipinski definition) is 0. The number of nitrogens with zero attached hydrogens (tertiary/aromatic N) is 1. The number of benzene rings is 2. The molecule has 0 saturated heterocycles. The Morgan fingerprint density at radius 1 is 1.13 bits per heavy atom. The fourth-order valence-electron chi connectivity index (χ4n) is 2.77. The van der Waals surface area contributed by atoms with E-state index in [1.54, 1.807) is 12.1 Å². The first-order valence-corrected chi connectivity index (χ1v) is 7.02. The second kappa shape index (κ2) is 5.87. The fourth-order valence-corrected chi connectivity index (χ4v) is 2.77. The maximum atomic E-state index is 13.8. The van der Waals surface area contributed by atoms with Crippen LogP contribution in [0.3, 0.4) is 0 Å². The summed E-state index contributed by atoms with van der Waals surface area (Å²) >= 11 is 0. The minimum atomic E-state index is -0.930. The number of carbonyl (C=O) groups is 1. The SMILES string of the molecule is COc1ccc2c(c1OC)C(=O)N(Cc1cccc(F)c1F)C2. The highest BCUT2D eigenvalue weighted by molar-refractivity contribution is 6.01. The maximum absolute atomic E-state index is 13.8. The number of fused-ring (bicyclic) bond motifs is 1. The van der Waals surface area contributed by atoms with Gasteiger partial charge in [0.15, 0.2) is 23.1 Å². The van der Waals surface area contributed by atoms with E-state index >= 15 is 0 Å². The Bertz CT molecular complexity index is 777. The van der Waals surface area contributed by atoms with E-state index in [-0.39, 0.29) is 18.0 Å². The van der Waals surface area contributed by atoms with Gasteiger partial charge in [0, 0.05) is 18.7 Å². The molecular formula is C17H15F2NO3. The molecule has 1 aliphatic heterocycles. The summed E-state index contributed by atoms with van der Waals surface area (Å²) in [6.45, 7) is 0.299. The van der Waals surface area contributed by atoms with Crippen molar-refractivity contribution in [3.8, 4) is 11.5 Å². The number of rotatable bonds is 4. The fraction of sp³-hybridized carbons (Fsp3) is 0.235. The van der Waals surface area contributed by atoms with Crippen LogP contribution in [0.1, 0.15) is 21.5 Å². The van der Waals surface area contributed by atoms with Crippen LogP contribution in [0.25, 0.3) is 0 Å². The van der Waals surface area contributed by atoms with E-state index in [2.05, 4.69) is 0 Å². The predicted molar refractivity (Wildman–Crippen MR) is 79.5 cm³/mol. The van der Waals surface area contributed by atoms with Crippen LogP contribution in [0.15, 0.2) is 30.3 Å². The lowest BCUT2D eigenvalue weighted by Crippen LogP contribution is -2.24. The third-order valence-electron chi connectivity index (χ3n) is 3.89. The zero-order chi connectivity index (χ0) is 16.6. The number of hydrogen-bond acceptors (Lipinski definition) is 3. The molecule has 1 heterocycles. The Kier molecular flexibility index (Phi) is 3.90. The molecule has 6 heteroatoms. The van der Waals surface area contributed by atoms with Gasteiger partial charge in [0.25, 0.3) is 5.91 Å². The molecule has 0 spiro atoms. The highest BCUT2D eigenvalue weighted by Crippen LogP contribution is 2.38. The van der Waals surface area contributed by atoms with Crippen LogP contribution < -0.4 is 9.47 Å². The zero-order valence-corrected chi connectivity index (χ0v) is 12.7. The van der Waals surface area contributed by atoms with Gasteiger partial charge < -0.3 is 14.4 Å². The summed E-state index contributed by atoms with van der Waals surface area (Å²) in [5.74, 6) is -1.33. The van der Waals surface area contributed by atoms with Crippen molar-refractivity contribution in [3.05, 3.63) is 58.7 Å². The first-order valence-electron chi connectivity index (χ1n) is 7.02. The van der Waals surface area contributed by atoms with Crippen molar-refractivity contribution in [1.82, 2.24) is 4.90 Å². The molecule has 0 aromatic heterocycles. The molecule has 0 unspecified atom stereocenters. The molecule has 1 aliphatic rings. The minimum Gasteiger partial charge on any atom is -0.493 e. The molecule has 0 fully saturated rings. The van der Waals surface area contributed by atoms with Gasteiger partial charge in [-0.1, -0.05) is 18.2 Å². The Balaban J connectivity index is 1.94. The summed E-state index contributed by atoms with van der Waals surface area (Å²) in [6.07, 6.45) is 0. The summed E-state index contributed by atoms with van der Waals surface area (Å²) in [6, 6.07) is 7.43. The van der Waals surface area contributed by atoms with Crippen molar-refractivity contribution in [2.75, 3.05) is 14.2 Å². The van der Waals surface area contributed by atoms with E-state index < -0.39 is 11.6 Å². The van der Waals surface area contributed by atoms with Crippen LogP contribution >= 0.6 is 0 Å². The van der Waals surface area contributed by atoms with Crippen LogP contribution in [-0.2, 0) is 13.1 Å². The van der Waals surface area contributed by atoms with E-state index in [0.717, 1.165) is 11.6 Å². The van der Waals surface area contributed by atoms with Gasteiger partial charge in [-0.3, -0.25) is 4.79 Å². The zero-order valence-electron chi connectivity index (χ0n) is 12.7. The second-order valence-corrected chi connectivity index (χ2v) is 5.21. The molecular weight excluding hydrogens is 304 g/mol. The van der Waals surface area contributed by atoms with Crippen molar-refractivity contribution < 1.29 is 23.0 Å². The van der Waals surface area contributed by atoms with Crippen molar-refractivity contribution in [2.24, 2.45) is 0 Å². The predicted octanol–water partition coefficient (Wildman–Crippen LogP) is 3.14. The summed E-state index contributed by atoms with van der Waals surface area (Å²) in [7, 11) is 2.95. The monoisotopic (exact) mass is 319 g/mol. The standard InChI is InChI=1S/C17H15F2NO3/c1-22-13-7-6-10-8-20(17(21)14(10)16(13)23-2)9-11-4-3-5-12(18)15(11)19/h3-7H,8-9H2,1-2H3. The number of amides is 1. The second-order valence-electron chi connectivity index (χ2n) is 5.21. The molecule has 1 amide bonds. The molecule has 0 saturated carbocycles. The average Bonchev–Trinajstić information content (AvgIpc) is 2.87. The molecule has 2 aromatic rings. The topological polar surface area (TPSA) is 38.8 Å². The van der Waals surface area contributed by atoms with Crippen LogP contribution in [0.5, 0.6) is 11.5 Å². The number of methoxy groups -OCH3 is 2. The Labute approximate surface area is 132 Å². The normalized spacial score (nSPS) is 13.2. The van der Waals surface area contributed by atoms with Gasteiger partial charge in [-0.05, 0) is 17.7 Å². The van der Waals surface area contributed by atoms with Crippen LogP contribution in [0.2, 0.25) is 0 Å². The maximum Gasteiger partial charge on any atom is 0.258 e. The van der Waals surface area contributed by atoms with Gasteiger partial charge in [-0.15, -0.1) is 0 Å². The van der Waals surface area contributed by atoms with E-state index in [4.69, 9.17) is 9.47 Å². The summed E-state index contributed by atoms with van der Waals surface area (Å²) in [5.41, 5.74) is 1.31. The summed E-state index contributed by atoms with van der Waals surface area (Å²) in [5, 5.41) is 0. The average molecular weight is 319 g/mol. The lowest BCUT2D eigenvalue weighted by atomic mass is 10.1. The van der Waals surface area contributed by atoms with E-state index in [9.17, 15) is 13.6 Å². The molecule has 0 bridgehead atoms. The van der Waals surface area contributed by atoms with Gasteiger partial charge >= 0.3 is 0 Å². The number of halogens is 2. The Hall–Kier alpha value is -2.63. The van der Waals surface area contributed by atoms with E-state index in [1.807, 2.05) is 0 Å². The van der Waals surface area contributed by atoms with Crippen molar-refractivity contribution in [1.29, 1.82) is 0 Å². The molecule has 0 radical (unpaired) electrons. The van der Waals surface area contributed by atoms with E-state index in [1.165, 1.54) is 31.3 Å². The first-order chi connectivity index (χ1) is 11.1. The molecule has 120 valence electrons. The lowest BCUT2D eigenvalue weighted by molar-refractivity contribution is 0.0762. The molecule has 0 N–H and O–H groups in total. The van der Waals surface area contributed by atoms with Gasteiger partial charge in [-0.25, -0.2) is 8.78 Å². The van der Waals surface area contributed by atoms with Crippen molar-refractivity contribution >= 4 is 5.91 Å². The molecule has 23 heavy (non-hydrogen) atoms. The van der Waals surface area contributed by atoms with Gasteiger partial charge in [0.05, 0.1) is 19.8 Å². The summed E-state index contributed by atoms with van der Waals surface area (Å²) in [4.78, 5) is 14.1. The van der Waals surface area contributed by atoms with E-state index in [0.29, 0.717) is 23.6 Å². The van der Waals surface area contributed by atoms with Crippen molar-refractivity contribution in [2.45, 2.75) is 13.1 Å². The minimum absolute atomic E-state index is 0.0113. The Morgan fingerprint density at radius 3 is 2.61 bits per heavy atom. The largest absolute Gasteiger partial charge is 0.493 e. The third kappa shape index (κ3) is 2.50. The molecule has 0 aliphatic carbocycles. The number of ether oxygens (including phenoxy) is 2. The number of carbonyl (C=O) groups excluding carboxylic acids is 1. The highest BCUT2D eigenvalue weighted by Gasteiger charge is 2.33. The van der Waals surface area contributed by atoms with Gasteiger partial charge in [-0.2, -0.15) is 0 Å². The first kappa shape index (κ1) is 15.3. The molecule has 2 aromatic carbocycles.